The first-order valence-electron chi connectivity index (χ1n) is 6.39. The van der Waals surface area contributed by atoms with Gasteiger partial charge in [0.25, 0.3) is 0 Å². The van der Waals surface area contributed by atoms with Crippen molar-refractivity contribution in [2.24, 2.45) is 0 Å². The summed E-state index contributed by atoms with van der Waals surface area (Å²) in [6, 6.07) is 8.23. The van der Waals surface area contributed by atoms with Gasteiger partial charge in [-0.1, -0.05) is 12.1 Å². The van der Waals surface area contributed by atoms with Gasteiger partial charge in [0.15, 0.2) is 11.6 Å². The predicted octanol–water partition coefficient (Wildman–Crippen LogP) is 3.36. The van der Waals surface area contributed by atoms with Crippen LogP contribution in [0, 0.1) is 11.6 Å². The molecule has 0 spiro atoms. The van der Waals surface area contributed by atoms with E-state index in [1.807, 2.05) is 26.0 Å². The van der Waals surface area contributed by atoms with E-state index < -0.39 is 11.6 Å². The van der Waals surface area contributed by atoms with Gasteiger partial charge in [-0.15, -0.1) is 0 Å². The van der Waals surface area contributed by atoms with Gasteiger partial charge in [0.1, 0.15) is 5.82 Å². The number of hydrogen-bond acceptors (Lipinski definition) is 3. The van der Waals surface area contributed by atoms with Crippen molar-refractivity contribution in [1.29, 1.82) is 0 Å². The molecule has 5 heteroatoms. The third-order valence-corrected chi connectivity index (χ3v) is 3.02. The Morgan fingerprint density at radius 1 is 1.20 bits per heavy atom. The molecule has 3 nitrogen and oxygen atoms in total. The van der Waals surface area contributed by atoms with Gasteiger partial charge < -0.3 is 10.6 Å². The number of hydrogen-bond donors (Lipinski definition) is 1. The lowest BCUT2D eigenvalue weighted by molar-refractivity contribution is 0.556. The van der Waals surface area contributed by atoms with E-state index in [9.17, 15) is 8.78 Å². The molecular formula is C15H17F2N3. The Hall–Kier alpha value is -2.17. The Morgan fingerprint density at radius 3 is 2.40 bits per heavy atom. The molecule has 1 aromatic heterocycles. The van der Waals surface area contributed by atoms with Crippen molar-refractivity contribution >= 4 is 11.5 Å². The second kappa shape index (κ2) is 5.86. The number of halogens is 2. The summed E-state index contributed by atoms with van der Waals surface area (Å²) in [4.78, 5) is 5.64. The number of nitrogens with two attached hydrogens (primary N) is 1. The average Bonchev–Trinajstić information content (AvgIpc) is 2.39. The second-order valence-corrected chi connectivity index (χ2v) is 4.92. The van der Waals surface area contributed by atoms with E-state index in [0.29, 0.717) is 12.2 Å². The van der Waals surface area contributed by atoms with E-state index in [1.165, 1.54) is 0 Å². The first-order chi connectivity index (χ1) is 9.47. The molecule has 0 radical (unpaired) electrons. The third-order valence-electron chi connectivity index (χ3n) is 3.02. The topological polar surface area (TPSA) is 42.1 Å². The molecule has 0 unspecified atom stereocenters. The van der Waals surface area contributed by atoms with Crippen LogP contribution in [0.4, 0.5) is 20.3 Å². The third kappa shape index (κ3) is 3.23. The smallest absolute Gasteiger partial charge is 0.168 e. The lowest BCUT2D eigenvalue weighted by Crippen LogP contribution is -2.31. The summed E-state index contributed by atoms with van der Waals surface area (Å²) >= 11 is 0. The van der Waals surface area contributed by atoms with E-state index in [1.54, 1.807) is 17.0 Å². The molecule has 0 aliphatic rings. The van der Waals surface area contributed by atoms with Crippen LogP contribution < -0.4 is 10.6 Å². The van der Waals surface area contributed by atoms with E-state index in [2.05, 4.69) is 4.98 Å². The lowest BCUT2D eigenvalue weighted by atomic mass is 10.1. The summed E-state index contributed by atoms with van der Waals surface area (Å²) in [7, 11) is 0. The Labute approximate surface area is 117 Å². The minimum absolute atomic E-state index is 0.0278. The zero-order valence-corrected chi connectivity index (χ0v) is 11.5. The molecule has 0 aliphatic heterocycles. The van der Waals surface area contributed by atoms with Crippen molar-refractivity contribution in [2.75, 3.05) is 10.6 Å². The maximum Gasteiger partial charge on any atom is 0.168 e. The quantitative estimate of drug-likeness (QED) is 0.871. The Kier molecular flexibility index (Phi) is 4.17. The number of nitrogen functional groups attached to an aromatic ring is 1. The summed E-state index contributed by atoms with van der Waals surface area (Å²) in [5.41, 5.74) is 7.30. The summed E-state index contributed by atoms with van der Waals surface area (Å²) in [5, 5.41) is 0. The fourth-order valence-electron chi connectivity index (χ4n) is 1.94. The molecule has 0 fully saturated rings. The average molecular weight is 277 g/mol. The highest BCUT2D eigenvalue weighted by Crippen LogP contribution is 2.22. The molecule has 0 saturated carbocycles. The molecule has 0 saturated heterocycles. The molecule has 0 aliphatic carbocycles. The standard InChI is InChI=1S/C15H17F2N3/c1-10(2)20(9-11-3-5-13(18)6-4-11)15-14(17)7-12(16)8-19-15/h3-8,10H,9,18H2,1-2H3. The largest absolute Gasteiger partial charge is 0.399 e. The predicted molar refractivity (Wildman–Crippen MR) is 76.3 cm³/mol. The SMILES string of the molecule is CC(C)N(Cc1ccc(N)cc1)c1ncc(F)cc1F. The monoisotopic (exact) mass is 277 g/mol. The molecular weight excluding hydrogens is 260 g/mol. The van der Waals surface area contributed by atoms with Gasteiger partial charge in [-0.2, -0.15) is 0 Å². The van der Waals surface area contributed by atoms with Gasteiger partial charge >= 0.3 is 0 Å². The van der Waals surface area contributed by atoms with Crippen molar-refractivity contribution in [3.63, 3.8) is 0 Å². The van der Waals surface area contributed by atoms with E-state index >= 15 is 0 Å². The van der Waals surface area contributed by atoms with Crippen LogP contribution >= 0.6 is 0 Å². The first-order valence-corrected chi connectivity index (χ1v) is 6.39. The fourth-order valence-corrected chi connectivity index (χ4v) is 1.94. The van der Waals surface area contributed by atoms with Crippen molar-refractivity contribution in [3.8, 4) is 0 Å². The minimum atomic E-state index is -0.678. The molecule has 20 heavy (non-hydrogen) atoms. The van der Waals surface area contributed by atoms with Crippen molar-refractivity contribution < 1.29 is 8.78 Å². The number of nitrogens with zero attached hydrogens (tertiary/aromatic N) is 2. The van der Waals surface area contributed by atoms with Crippen molar-refractivity contribution in [3.05, 3.63) is 53.7 Å². The zero-order valence-electron chi connectivity index (χ0n) is 11.5. The maximum atomic E-state index is 13.9. The molecule has 0 atom stereocenters. The Bertz CT molecular complexity index is 582. The van der Waals surface area contributed by atoms with Gasteiger partial charge in [0.05, 0.1) is 6.20 Å². The zero-order chi connectivity index (χ0) is 14.7. The highest BCUT2D eigenvalue weighted by Gasteiger charge is 2.17. The second-order valence-electron chi connectivity index (χ2n) is 4.92. The normalized spacial score (nSPS) is 10.8. The number of pyridine rings is 1. The molecule has 1 heterocycles. The summed E-state index contributed by atoms with van der Waals surface area (Å²) in [5.74, 6) is -1.19. The van der Waals surface area contributed by atoms with Crippen LogP contribution in [0.1, 0.15) is 19.4 Å². The van der Waals surface area contributed by atoms with Crippen LogP contribution in [0.15, 0.2) is 36.5 Å². The molecule has 1 aromatic carbocycles. The molecule has 0 bridgehead atoms. The molecule has 0 amide bonds. The number of rotatable bonds is 4. The number of aromatic nitrogens is 1. The molecule has 2 aromatic rings. The van der Waals surface area contributed by atoms with Gasteiger partial charge in [-0.05, 0) is 31.5 Å². The minimum Gasteiger partial charge on any atom is -0.399 e. The molecule has 2 N–H and O–H groups in total. The summed E-state index contributed by atoms with van der Waals surface area (Å²) in [6.45, 7) is 4.34. The number of benzene rings is 1. The van der Waals surface area contributed by atoms with Crippen LogP contribution in [0.3, 0.4) is 0 Å². The van der Waals surface area contributed by atoms with Gasteiger partial charge in [0, 0.05) is 24.3 Å². The lowest BCUT2D eigenvalue weighted by Gasteiger charge is -2.28. The molecule has 2 rings (SSSR count). The van der Waals surface area contributed by atoms with Gasteiger partial charge in [-0.25, -0.2) is 13.8 Å². The summed E-state index contributed by atoms with van der Waals surface area (Å²) < 4.78 is 26.8. The van der Waals surface area contributed by atoms with E-state index in [0.717, 1.165) is 17.8 Å². The fraction of sp³-hybridized carbons (Fsp3) is 0.267. The van der Waals surface area contributed by atoms with Crippen molar-refractivity contribution in [2.45, 2.75) is 26.4 Å². The summed E-state index contributed by atoms with van der Waals surface area (Å²) in [6.07, 6.45) is 1.02. The molecule has 106 valence electrons. The van der Waals surface area contributed by atoms with Crippen LogP contribution in [-0.4, -0.2) is 11.0 Å². The maximum absolute atomic E-state index is 13.9. The Morgan fingerprint density at radius 2 is 1.85 bits per heavy atom. The van der Waals surface area contributed by atoms with Gasteiger partial charge in [0.2, 0.25) is 0 Å². The highest BCUT2D eigenvalue weighted by molar-refractivity contribution is 5.44. The van der Waals surface area contributed by atoms with Crippen LogP contribution in [0.2, 0.25) is 0 Å². The van der Waals surface area contributed by atoms with Gasteiger partial charge in [-0.3, -0.25) is 0 Å². The van der Waals surface area contributed by atoms with Crippen molar-refractivity contribution in [1.82, 2.24) is 4.98 Å². The van der Waals surface area contributed by atoms with Crippen LogP contribution in [-0.2, 0) is 6.54 Å². The first kappa shape index (κ1) is 14.2. The number of anilines is 2. The van der Waals surface area contributed by atoms with Crippen LogP contribution in [0.25, 0.3) is 0 Å². The Balaban J connectivity index is 2.29. The van der Waals surface area contributed by atoms with E-state index in [-0.39, 0.29) is 11.9 Å². The van der Waals surface area contributed by atoms with E-state index in [4.69, 9.17) is 5.73 Å². The van der Waals surface area contributed by atoms with Crippen LogP contribution in [0.5, 0.6) is 0 Å². The highest BCUT2D eigenvalue weighted by atomic mass is 19.1.